The molecule has 2 N–H and O–H groups in total. The first-order valence-electron chi connectivity index (χ1n) is 11.4. The summed E-state index contributed by atoms with van der Waals surface area (Å²) in [5.74, 6) is 0.743. The summed E-state index contributed by atoms with van der Waals surface area (Å²) in [5.41, 5.74) is 5.83. The van der Waals surface area contributed by atoms with Crippen molar-refractivity contribution < 1.29 is 9.84 Å². The van der Waals surface area contributed by atoms with Crippen molar-refractivity contribution in [2.45, 2.75) is 44.9 Å². The summed E-state index contributed by atoms with van der Waals surface area (Å²) in [5, 5.41) is 14.7. The van der Waals surface area contributed by atoms with Crippen LogP contribution >= 0.6 is 0 Å². The van der Waals surface area contributed by atoms with Crippen LogP contribution in [0.25, 0.3) is 22.3 Å². The lowest BCUT2D eigenvalue weighted by molar-refractivity contribution is -0.0642. The van der Waals surface area contributed by atoms with Crippen molar-refractivity contribution in [1.29, 1.82) is 0 Å². The molecule has 5 heteroatoms. The van der Waals surface area contributed by atoms with Crippen molar-refractivity contribution in [2.24, 2.45) is 0 Å². The second-order valence-corrected chi connectivity index (χ2v) is 9.22. The number of hydrogen-bond donors (Lipinski definition) is 2. The molecule has 0 radical (unpaired) electrons. The van der Waals surface area contributed by atoms with Gasteiger partial charge in [-0.1, -0.05) is 60.7 Å². The molecule has 5 rings (SSSR count). The van der Waals surface area contributed by atoms with Crippen LogP contribution in [0.4, 0.5) is 0 Å². The van der Waals surface area contributed by atoms with Gasteiger partial charge in [-0.05, 0) is 45.4 Å². The van der Waals surface area contributed by atoms with E-state index in [2.05, 4.69) is 17.4 Å². The first kappa shape index (κ1) is 21.6. The van der Waals surface area contributed by atoms with Crippen molar-refractivity contribution >= 4 is 11.0 Å². The van der Waals surface area contributed by atoms with Gasteiger partial charge in [0, 0.05) is 17.2 Å². The number of hydrogen-bond acceptors (Lipinski definition) is 5. The van der Waals surface area contributed by atoms with Crippen LogP contribution in [-0.4, -0.2) is 33.3 Å². The number of nitrogens with zero attached hydrogens (tertiary/aromatic N) is 2. The summed E-state index contributed by atoms with van der Waals surface area (Å²) in [6.07, 6.45) is 0.184. The number of aromatic nitrogens is 2. The van der Waals surface area contributed by atoms with E-state index in [1.54, 1.807) is 0 Å². The molecule has 0 bridgehead atoms. The van der Waals surface area contributed by atoms with Gasteiger partial charge in [0.15, 0.2) is 0 Å². The molecular formula is C28H29N3O2. The van der Waals surface area contributed by atoms with Gasteiger partial charge in [-0.25, -0.2) is 9.97 Å². The summed E-state index contributed by atoms with van der Waals surface area (Å²) < 4.78 is 6.25. The van der Waals surface area contributed by atoms with Crippen LogP contribution in [0.3, 0.4) is 0 Å². The summed E-state index contributed by atoms with van der Waals surface area (Å²) >= 11 is 0. The molecule has 2 unspecified atom stereocenters. The number of aliphatic hydroxyl groups is 1. The molecule has 0 saturated heterocycles. The Balaban J connectivity index is 1.51. The lowest BCUT2D eigenvalue weighted by Gasteiger charge is -2.42. The van der Waals surface area contributed by atoms with E-state index in [9.17, 15) is 5.11 Å². The molecular weight excluding hydrogens is 410 g/mol. The summed E-state index contributed by atoms with van der Waals surface area (Å²) in [7, 11) is 0. The number of aliphatic hydroxyl groups excluding tert-OH is 1. The predicted molar refractivity (Wildman–Crippen MR) is 131 cm³/mol. The number of rotatable bonds is 5. The van der Waals surface area contributed by atoms with E-state index < -0.39 is 11.7 Å². The van der Waals surface area contributed by atoms with Crippen LogP contribution in [0.2, 0.25) is 0 Å². The van der Waals surface area contributed by atoms with Crippen LogP contribution < -0.4 is 10.1 Å². The number of nitrogens with one attached hydrogen (secondary N) is 1. The molecule has 2 atom stereocenters. The second-order valence-electron chi connectivity index (χ2n) is 9.22. The smallest absolute Gasteiger partial charge is 0.131 e. The Bertz CT molecular complexity index is 1270. The second kappa shape index (κ2) is 8.58. The average Bonchev–Trinajstić information content (AvgIpc) is 2.81. The van der Waals surface area contributed by atoms with Crippen molar-refractivity contribution in [2.75, 3.05) is 6.54 Å². The molecule has 1 aliphatic rings. The largest absolute Gasteiger partial charge is 0.485 e. The zero-order valence-electron chi connectivity index (χ0n) is 19.2. The zero-order valence-corrected chi connectivity index (χ0v) is 19.2. The van der Waals surface area contributed by atoms with Gasteiger partial charge in [0.2, 0.25) is 0 Å². The molecule has 1 aromatic heterocycles. The topological polar surface area (TPSA) is 67.3 Å². The van der Waals surface area contributed by atoms with Gasteiger partial charge in [-0.15, -0.1) is 0 Å². The maximum atomic E-state index is 11.1. The zero-order chi connectivity index (χ0) is 23.0. The van der Waals surface area contributed by atoms with Gasteiger partial charge in [0.1, 0.15) is 17.5 Å². The van der Waals surface area contributed by atoms with Crippen LogP contribution in [0.15, 0.2) is 72.8 Å². The van der Waals surface area contributed by atoms with Crippen molar-refractivity contribution in [3.8, 4) is 17.0 Å². The molecule has 0 fully saturated rings. The molecule has 0 aliphatic carbocycles. The van der Waals surface area contributed by atoms with E-state index in [-0.39, 0.29) is 6.04 Å². The van der Waals surface area contributed by atoms with Crippen LogP contribution in [0.1, 0.15) is 36.7 Å². The highest BCUT2D eigenvalue weighted by Crippen LogP contribution is 2.41. The molecule has 3 aromatic carbocycles. The maximum Gasteiger partial charge on any atom is 0.131 e. The first-order chi connectivity index (χ1) is 15.9. The number of ether oxygens (including phenoxy) is 1. The Morgan fingerprint density at radius 1 is 0.939 bits per heavy atom. The summed E-state index contributed by atoms with van der Waals surface area (Å²) in [6.45, 7) is 6.58. The van der Waals surface area contributed by atoms with E-state index in [1.165, 1.54) is 5.56 Å². The highest BCUT2D eigenvalue weighted by Gasteiger charge is 2.43. The fourth-order valence-electron chi connectivity index (χ4n) is 4.54. The molecule has 0 saturated carbocycles. The third kappa shape index (κ3) is 4.22. The predicted octanol–water partition coefficient (Wildman–Crippen LogP) is 5.01. The summed E-state index contributed by atoms with van der Waals surface area (Å²) in [6, 6.07) is 24.2. The standard InChI is InChI=1S/C28H29N3O2/c1-18-25(20-12-8-5-9-13-20)31-23-17-24-21(16-22(23)30-18)26(27(32)28(2,3)33-24)29-15-14-19-10-6-4-7-11-19/h4-13,16-17,26-27,29,32H,14-15H2,1-3H3. The van der Waals surface area contributed by atoms with Gasteiger partial charge >= 0.3 is 0 Å². The molecule has 0 spiro atoms. The molecule has 0 amide bonds. The highest BCUT2D eigenvalue weighted by atomic mass is 16.5. The molecule has 5 nitrogen and oxygen atoms in total. The third-order valence-electron chi connectivity index (χ3n) is 6.37. The number of fused-ring (bicyclic) bond motifs is 2. The average molecular weight is 440 g/mol. The minimum Gasteiger partial charge on any atom is -0.485 e. The highest BCUT2D eigenvalue weighted by molar-refractivity contribution is 5.81. The number of benzene rings is 3. The maximum absolute atomic E-state index is 11.1. The van der Waals surface area contributed by atoms with Crippen LogP contribution in [0.5, 0.6) is 5.75 Å². The normalized spacial score (nSPS) is 19.2. The van der Waals surface area contributed by atoms with E-state index >= 15 is 0 Å². The van der Waals surface area contributed by atoms with Gasteiger partial charge in [0.25, 0.3) is 0 Å². The molecule has 1 aliphatic heterocycles. The Labute approximate surface area is 194 Å². The fraction of sp³-hybridized carbons (Fsp3) is 0.286. The molecule has 33 heavy (non-hydrogen) atoms. The first-order valence-corrected chi connectivity index (χ1v) is 11.4. The Hall–Kier alpha value is -3.28. The minimum absolute atomic E-state index is 0.257. The molecule has 2 heterocycles. The van der Waals surface area contributed by atoms with Crippen molar-refractivity contribution in [3.05, 3.63) is 89.6 Å². The molecule has 168 valence electrons. The Morgan fingerprint density at radius 3 is 2.33 bits per heavy atom. The van der Waals surface area contributed by atoms with E-state index in [0.29, 0.717) is 0 Å². The molecule has 4 aromatic rings. The Morgan fingerprint density at radius 2 is 1.61 bits per heavy atom. The van der Waals surface area contributed by atoms with Gasteiger partial charge in [-0.2, -0.15) is 0 Å². The van der Waals surface area contributed by atoms with Gasteiger partial charge < -0.3 is 15.2 Å². The van der Waals surface area contributed by atoms with Crippen molar-refractivity contribution in [1.82, 2.24) is 15.3 Å². The minimum atomic E-state index is -0.731. The van der Waals surface area contributed by atoms with E-state index in [4.69, 9.17) is 14.7 Å². The monoisotopic (exact) mass is 439 g/mol. The van der Waals surface area contributed by atoms with E-state index in [1.807, 2.05) is 81.4 Å². The van der Waals surface area contributed by atoms with Gasteiger partial charge in [-0.3, -0.25) is 0 Å². The van der Waals surface area contributed by atoms with Crippen LogP contribution in [0, 0.1) is 6.92 Å². The Kier molecular flexibility index (Phi) is 5.60. The van der Waals surface area contributed by atoms with E-state index in [0.717, 1.165) is 52.3 Å². The SMILES string of the molecule is Cc1nc2cc3c(cc2nc1-c1ccccc1)OC(C)(C)C(O)C3NCCc1ccccc1. The van der Waals surface area contributed by atoms with Crippen molar-refractivity contribution in [3.63, 3.8) is 0 Å². The summed E-state index contributed by atoms with van der Waals surface area (Å²) in [4.78, 5) is 9.78. The quantitative estimate of drug-likeness (QED) is 0.458. The third-order valence-corrected chi connectivity index (χ3v) is 6.37. The van der Waals surface area contributed by atoms with Gasteiger partial charge in [0.05, 0.1) is 28.5 Å². The lowest BCUT2D eigenvalue weighted by Crippen LogP contribution is -2.52. The van der Waals surface area contributed by atoms with Crippen LogP contribution in [-0.2, 0) is 6.42 Å². The lowest BCUT2D eigenvalue weighted by atomic mass is 9.86. The fourth-order valence-corrected chi connectivity index (χ4v) is 4.54. The number of aryl methyl sites for hydroxylation is 1.